The van der Waals surface area contributed by atoms with Crippen molar-refractivity contribution in [3.05, 3.63) is 90.8 Å². The van der Waals surface area contributed by atoms with E-state index in [1.54, 1.807) is 4.90 Å². The van der Waals surface area contributed by atoms with Crippen LogP contribution in [-0.4, -0.2) is 35.6 Å². The summed E-state index contributed by atoms with van der Waals surface area (Å²) in [4.78, 5) is 22.8. The van der Waals surface area contributed by atoms with Crippen LogP contribution in [0, 0.1) is 3.57 Å². The fourth-order valence-electron chi connectivity index (χ4n) is 4.49. The number of ether oxygens (including phenoxy) is 1. The molecule has 3 aromatic rings. The summed E-state index contributed by atoms with van der Waals surface area (Å²) in [5, 5.41) is 0.721. The number of benzene rings is 3. The van der Waals surface area contributed by atoms with Gasteiger partial charge in [-0.25, -0.2) is 4.99 Å². The molecule has 8 heteroatoms. The molecule has 5 rings (SSSR count). The molecular weight excluding hydrogens is 673 g/mol. The average Bonchev–Trinajstić information content (AvgIpc) is 3.23. The largest absolute Gasteiger partial charge is 0.488 e. The molecule has 0 unspecified atom stereocenters. The van der Waals surface area contributed by atoms with Gasteiger partial charge in [0.05, 0.1) is 14.2 Å². The van der Waals surface area contributed by atoms with Gasteiger partial charge in [-0.05, 0) is 126 Å². The van der Waals surface area contributed by atoms with Crippen LogP contribution in [0.4, 0.5) is 11.4 Å². The van der Waals surface area contributed by atoms with E-state index in [9.17, 15) is 4.79 Å². The van der Waals surface area contributed by atoms with Crippen LogP contribution in [0.5, 0.6) is 5.75 Å². The Morgan fingerprint density at radius 2 is 1.76 bits per heavy atom. The van der Waals surface area contributed by atoms with Crippen LogP contribution in [0.3, 0.4) is 0 Å². The van der Waals surface area contributed by atoms with Crippen molar-refractivity contribution in [2.24, 2.45) is 4.99 Å². The number of piperidine rings is 1. The predicted molar refractivity (Wildman–Crippen MR) is 170 cm³/mol. The third-order valence-corrected chi connectivity index (χ3v) is 8.94. The summed E-state index contributed by atoms with van der Waals surface area (Å²) in [7, 11) is 0. The maximum atomic E-state index is 13.2. The third-order valence-electron chi connectivity index (χ3n) is 6.56. The fourth-order valence-corrected chi connectivity index (χ4v) is 6.51. The minimum absolute atomic E-state index is 0.00763. The first-order valence-electron chi connectivity index (χ1n) is 12.8. The monoisotopic (exact) mass is 701 g/mol. The molecule has 2 heterocycles. The number of thioether (sulfide) groups is 1. The number of hydrogen-bond acceptors (Lipinski definition) is 5. The summed E-state index contributed by atoms with van der Waals surface area (Å²) in [6, 6.07) is 22.5. The second-order valence-electron chi connectivity index (χ2n) is 9.22. The van der Waals surface area contributed by atoms with Crippen molar-refractivity contribution in [2.45, 2.75) is 32.8 Å². The van der Waals surface area contributed by atoms with Gasteiger partial charge in [-0.15, -0.1) is 0 Å². The number of carbonyl (C=O) groups excluding carboxylic acids is 1. The lowest BCUT2D eigenvalue weighted by atomic mass is 10.1. The van der Waals surface area contributed by atoms with Crippen molar-refractivity contribution in [1.29, 1.82) is 0 Å². The maximum Gasteiger partial charge on any atom is 0.266 e. The highest BCUT2D eigenvalue weighted by molar-refractivity contribution is 14.1. The van der Waals surface area contributed by atoms with E-state index >= 15 is 0 Å². The van der Waals surface area contributed by atoms with Crippen LogP contribution in [-0.2, 0) is 11.4 Å². The van der Waals surface area contributed by atoms with E-state index in [2.05, 4.69) is 55.6 Å². The van der Waals surface area contributed by atoms with E-state index in [1.165, 1.54) is 36.7 Å². The van der Waals surface area contributed by atoms with Gasteiger partial charge >= 0.3 is 0 Å². The molecule has 0 spiro atoms. The molecule has 0 aromatic heterocycles. The summed E-state index contributed by atoms with van der Waals surface area (Å²) >= 11 is 7.18. The summed E-state index contributed by atoms with van der Waals surface area (Å²) in [6.45, 7) is 5.30. The van der Waals surface area contributed by atoms with Crippen molar-refractivity contribution < 1.29 is 9.53 Å². The Labute approximate surface area is 250 Å². The van der Waals surface area contributed by atoms with Crippen LogP contribution in [0.15, 0.2) is 81.1 Å². The molecule has 0 saturated carbocycles. The molecule has 38 heavy (non-hydrogen) atoms. The Balaban J connectivity index is 1.28. The number of nitrogens with zero attached hydrogens (tertiary/aromatic N) is 3. The molecular formula is C30H29BrIN3O2S. The number of carbonyl (C=O) groups is 1. The number of halogens is 2. The zero-order valence-electron chi connectivity index (χ0n) is 21.2. The number of amides is 1. The topological polar surface area (TPSA) is 45.1 Å². The van der Waals surface area contributed by atoms with Crippen LogP contribution in [0.1, 0.15) is 37.3 Å². The maximum absolute atomic E-state index is 13.2. The Morgan fingerprint density at radius 1 is 1.03 bits per heavy atom. The predicted octanol–water partition coefficient (Wildman–Crippen LogP) is 8.25. The molecule has 2 saturated heterocycles. The quantitative estimate of drug-likeness (QED) is 0.184. The highest BCUT2D eigenvalue weighted by Gasteiger charge is 2.32. The number of likely N-dealkylation sites (N-methyl/N-ethyl adjacent to an activating group) is 1. The SMILES string of the molecule is CCN1C(=O)/C(=C/c2ccc(OCc3ccc(Br)cc3)c(I)c2)SC1=Nc1ccc(N2CCCCC2)cc1. The summed E-state index contributed by atoms with van der Waals surface area (Å²) in [5.74, 6) is 0.818. The first-order chi connectivity index (χ1) is 18.5. The first-order valence-corrected chi connectivity index (χ1v) is 15.5. The lowest BCUT2D eigenvalue weighted by Gasteiger charge is -2.28. The Bertz CT molecular complexity index is 1350. The summed E-state index contributed by atoms with van der Waals surface area (Å²) in [5.41, 5.74) is 4.18. The molecule has 2 aliphatic heterocycles. The average molecular weight is 702 g/mol. The molecule has 0 radical (unpaired) electrons. The molecule has 5 nitrogen and oxygen atoms in total. The lowest BCUT2D eigenvalue weighted by Crippen LogP contribution is -2.29. The van der Waals surface area contributed by atoms with Crippen LogP contribution >= 0.6 is 50.3 Å². The van der Waals surface area contributed by atoms with E-state index < -0.39 is 0 Å². The van der Waals surface area contributed by atoms with Crippen molar-refractivity contribution in [3.63, 3.8) is 0 Å². The van der Waals surface area contributed by atoms with Gasteiger partial charge in [0.25, 0.3) is 5.91 Å². The van der Waals surface area contributed by atoms with E-state index in [4.69, 9.17) is 9.73 Å². The van der Waals surface area contributed by atoms with Gasteiger partial charge in [-0.2, -0.15) is 0 Å². The van der Waals surface area contributed by atoms with Crippen molar-refractivity contribution in [2.75, 3.05) is 24.5 Å². The Hall–Kier alpha value is -2.30. The smallest absolute Gasteiger partial charge is 0.266 e. The minimum atomic E-state index is -0.00763. The number of amidine groups is 1. The van der Waals surface area contributed by atoms with E-state index in [0.717, 1.165) is 48.9 Å². The van der Waals surface area contributed by atoms with Gasteiger partial charge in [0.1, 0.15) is 12.4 Å². The molecule has 0 aliphatic carbocycles. The number of aliphatic imine (C=N–C) groups is 1. The third kappa shape index (κ3) is 6.63. The minimum Gasteiger partial charge on any atom is -0.488 e. The second kappa shape index (κ2) is 12.7. The van der Waals surface area contributed by atoms with E-state index in [0.29, 0.717) is 18.1 Å². The molecule has 2 aliphatic rings. The first kappa shape index (κ1) is 27.3. The molecule has 0 bridgehead atoms. The lowest BCUT2D eigenvalue weighted by molar-refractivity contribution is -0.122. The number of hydrogen-bond donors (Lipinski definition) is 0. The molecule has 3 aromatic carbocycles. The van der Waals surface area contributed by atoms with E-state index in [1.807, 2.05) is 67.6 Å². The molecule has 1 amide bonds. The van der Waals surface area contributed by atoms with Gasteiger partial charge < -0.3 is 9.64 Å². The van der Waals surface area contributed by atoms with Crippen molar-refractivity contribution >= 4 is 78.8 Å². The fraction of sp³-hybridized carbons (Fsp3) is 0.267. The highest BCUT2D eigenvalue weighted by atomic mass is 127. The van der Waals surface area contributed by atoms with Crippen LogP contribution in [0.25, 0.3) is 6.08 Å². The zero-order chi connectivity index (χ0) is 26.5. The molecule has 0 atom stereocenters. The van der Waals surface area contributed by atoms with Gasteiger partial charge in [0.15, 0.2) is 5.17 Å². The standard InChI is InChI=1S/C30H29BrIN3O2S/c1-2-35-29(36)28(38-30(35)33-24-11-13-25(14-12-24)34-16-4-3-5-17-34)19-22-8-15-27(26(32)18-22)37-20-21-6-9-23(31)10-7-21/h6-15,18-19H,2-5,16-17,20H2,1H3/b28-19-,33-30?. The molecule has 0 N–H and O–H groups in total. The highest BCUT2D eigenvalue weighted by Crippen LogP contribution is 2.35. The van der Waals surface area contributed by atoms with Crippen LogP contribution in [0.2, 0.25) is 0 Å². The Morgan fingerprint density at radius 3 is 2.45 bits per heavy atom. The van der Waals surface area contributed by atoms with Gasteiger partial charge in [-0.1, -0.05) is 34.1 Å². The van der Waals surface area contributed by atoms with Crippen molar-refractivity contribution in [3.8, 4) is 5.75 Å². The Kier molecular flexibility index (Phi) is 9.12. The number of anilines is 1. The summed E-state index contributed by atoms with van der Waals surface area (Å²) < 4.78 is 8.08. The van der Waals surface area contributed by atoms with Crippen molar-refractivity contribution in [1.82, 2.24) is 4.90 Å². The summed E-state index contributed by atoms with van der Waals surface area (Å²) in [6.07, 6.45) is 5.77. The van der Waals surface area contributed by atoms with Gasteiger partial charge in [-0.3, -0.25) is 9.69 Å². The van der Waals surface area contributed by atoms with Gasteiger partial charge in [0, 0.05) is 29.8 Å². The van der Waals surface area contributed by atoms with Crippen LogP contribution < -0.4 is 9.64 Å². The molecule has 2 fully saturated rings. The normalized spacial score (nSPS) is 18.0. The second-order valence-corrected chi connectivity index (χ2v) is 12.3. The molecule has 196 valence electrons. The van der Waals surface area contributed by atoms with Gasteiger partial charge in [0.2, 0.25) is 0 Å². The van der Waals surface area contributed by atoms with E-state index in [-0.39, 0.29) is 5.91 Å². The number of rotatable bonds is 7. The zero-order valence-corrected chi connectivity index (χ0v) is 25.8.